The molecule has 0 aromatic carbocycles. The fraction of sp³-hybridized carbons (Fsp3) is 0.808. The first-order valence-electron chi connectivity index (χ1n) is 11.8. The third kappa shape index (κ3) is 10.6. The van der Waals surface area contributed by atoms with Crippen molar-refractivity contribution in [1.29, 1.82) is 0 Å². The smallest absolute Gasteiger partial charge is 0.0102 e. The van der Waals surface area contributed by atoms with Crippen molar-refractivity contribution >= 4 is 0 Å². The van der Waals surface area contributed by atoms with E-state index in [1.54, 1.807) is 5.92 Å². The van der Waals surface area contributed by atoms with Gasteiger partial charge in [-0.2, -0.15) is 0 Å². The van der Waals surface area contributed by atoms with E-state index in [9.17, 15) is 0 Å². The number of allylic oxidation sites excluding steroid dienone is 2. The SMILES string of the molecule is C=CC[C](C(C=C)CCCCC)C(CCC)C(CCCC)CCCCC. The van der Waals surface area contributed by atoms with Crippen LogP contribution in [-0.4, -0.2) is 0 Å². The van der Waals surface area contributed by atoms with Gasteiger partial charge in [0.25, 0.3) is 0 Å². The van der Waals surface area contributed by atoms with Crippen LogP contribution in [0.2, 0.25) is 0 Å². The highest BCUT2D eigenvalue weighted by Gasteiger charge is 2.32. The van der Waals surface area contributed by atoms with Crippen LogP contribution in [0.25, 0.3) is 0 Å². The van der Waals surface area contributed by atoms with Crippen molar-refractivity contribution < 1.29 is 0 Å². The second kappa shape index (κ2) is 17.9. The predicted molar refractivity (Wildman–Crippen MR) is 121 cm³/mol. The first kappa shape index (κ1) is 25.5. The maximum absolute atomic E-state index is 4.23. The second-order valence-electron chi connectivity index (χ2n) is 8.20. The fourth-order valence-corrected chi connectivity index (χ4v) is 4.52. The topological polar surface area (TPSA) is 0 Å². The monoisotopic (exact) mass is 361 g/mol. The molecule has 1 radical (unpaired) electrons. The molecule has 0 N–H and O–H groups in total. The first-order chi connectivity index (χ1) is 12.7. The Hall–Kier alpha value is -0.520. The minimum absolute atomic E-state index is 0.589. The van der Waals surface area contributed by atoms with Crippen LogP contribution < -0.4 is 0 Å². The molecular formula is C26H49. The summed E-state index contributed by atoms with van der Waals surface area (Å²) in [4.78, 5) is 0. The molecule has 3 unspecified atom stereocenters. The molecule has 0 nitrogen and oxygen atoms in total. The fourth-order valence-electron chi connectivity index (χ4n) is 4.52. The van der Waals surface area contributed by atoms with Gasteiger partial charge >= 0.3 is 0 Å². The van der Waals surface area contributed by atoms with Crippen molar-refractivity contribution in [2.75, 3.05) is 0 Å². The highest BCUT2D eigenvalue weighted by molar-refractivity contribution is 5.12. The Labute approximate surface area is 166 Å². The molecule has 0 aromatic heterocycles. The summed E-state index contributed by atoms with van der Waals surface area (Å²) in [5.74, 6) is 3.98. The number of rotatable bonds is 19. The maximum atomic E-state index is 4.23. The number of hydrogen-bond donors (Lipinski definition) is 0. The molecule has 0 amide bonds. The summed E-state index contributed by atoms with van der Waals surface area (Å²) in [6.45, 7) is 17.6. The van der Waals surface area contributed by atoms with Crippen LogP contribution >= 0.6 is 0 Å². The lowest BCUT2D eigenvalue weighted by molar-refractivity contribution is 0.246. The maximum Gasteiger partial charge on any atom is -0.0102 e. The van der Waals surface area contributed by atoms with Crippen molar-refractivity contribution in [3.8, 4) is 0 Å². The molecule has 0 aliphatic rings. The second-order valence-corrected chi connectivity index (χ2v) is 8.20. The van der Waals surface area contributed by atoms with Crippen LogP contribution in [0.5, 0.6) is 0 Å². The third-order valence-corrected chi connectivity index (χ3v) is 6.01. The van der Waals surface area contributed by atoms with E-state index in [0.29, 0.717) is 5.92 Å². The van der Waals surface area contributed by atoms with Gasteiger partial charge in [0.1, 0.15) is 0 Å². The van der Waals surface area contributed by atoms with Gasteiger partial charge in [-0.25, -0.2) is 0 Å². The highest BCUT2D eigenvalue weighted by Crippen LogP contribution is 2.42. The van der Waals surface area contributed by atoms with Crippen molar-refractivity contribution in [3.63, 3.8) is 0 Å². The molecule has 0 saturated heterocycles. The normalized spacial score (nSPS) is 15.0. The summed E-state index contributed by atoms with van der Waals surface area (Å²) in [6, 6.07) is 0. The minimum Gasteiger partial charge on any atom is -0.103 e. The van der Waals surface area contributed by atoms with Crippen LogP contribution in [0, 0.1) is 23.7 Å². The largest absolute Gasteiger partial charge is 0.103 e. The Balaban J connectivity index is 5.31. The molecule has 3 atom stereocenters. The van der Waals surface area contributed by atoms with Crippen LogP contribution in [0.3, 0.4) is 0 Å². The Morgan fingerprint density at radius 2 is 1.27 bits per heavy atom. The van der Waals surface area contributed by atoms with E-state index in [-0.39, 0.29) is 0 Å². The van der Waals surface area contributed by atoms with Gasteiger partial charge in [-0.05, 0) is 42.9 Å². The molecule has 0 bridgehead atoms. The zero-order chi connectivity index (χ0) is 19.6. The molecule has 0 aliphatic heterocycles. The number of hydrogen-bond acceptors (Lipinski definition) is 0. The minimum atomic E-state index is 0.589. The summed E-state index contributed by atoms with van der Waals surface area (Å²) in [5, 5.41) is 0. The standard InChI is InChI=1S/C26H49/c1-7-13-16-21-23(12-6)25(18-10-4)26(19-11-5)24(20-15-9-3)22-17-14-8-2/h10,12,23-24,26H,4,6-9,11,13-22H2,1-3,5H3. The van der Waals surface area contributed by atoms with Crippen molar-refractivity contribution in [1.82, 2.24) is 0 Å². The van der Waals surface area contributed by atoms with E-state index < -0.39 is 0 Å². The molecule has 0 saturated carbocycles. The highest BCUT2D eigenvalue weighted by atomic mass is 14.4. The molecule has 0 fully saturated rings. The van der Waals surface area contributed by atoms with Gasteiger partial charge in [0.2, 0.25) is 0 Å². The first-order valence-corrected chi connectivity index (χ1v) is 11.8. The number of unbranched alkanes of at least 4 members (excludes halogenated alkanes) is 5. The van der Waals surface area contributed by atoms with E-state index in [2.05, 4.69) is 53.0 Å². The Morgan fingerprint density at radius 1 is 0.692 bits per heavy atom. The van der Waals surface area contributed by atoms with Gasteiger partial charge in [-0.3, -0.25) is 0 Å². The summed E-state index contributed by atoms with van der Waals surface area (Å²) in [6.07, 6.45) is 23.0. The molecule has 0 spiro atoms. The third-order valence-electron chi connectivity index (χ3n) is 6.01. The zero-order valence-electron chi connectivity index (χ0n) is 18.7. The van der Waals surface area contributed by atoms with E-state index >= 15 is 0 Å². The molecule has 0 heterocycles. The van der Waals surface area contributed by atoms with Gasteiger partial charge in [-0.15, -0.1) is 13.2 Å². The van der Waals surface area contributed by atoms with E-state index in [4.69, 9.17) is 0 Å². The van der Waals surface area contributed by atoms with Crippen molar-refractivity contribution in [3.05, 3.63) is 31.2 Å². The average Bonchev–Trinajstić information content (AvgIpc) is 2.65. The molecule has 0 aliphatic carbocycles. The Morgan fingerprint density at radius 3 is 1.77 bits per heavy atom. The zero-order valence-corrected chi connectivity index (χ0v) is 18.7. The van der Waals surface area contributed by atoms with Gasteiger partial charge in [0, 0.05) is 0 Å². The summed E-state index contributed by atoms with van der Waals surface area (Å²) < 4.78 is 0. The van der Waals surface area contributed by atoms with E-state index in [1.807, 2.05) is 0 Å². The molecule has 0 rings (SSSR count). The van der Waals surface area contributed by atoms with Crippen LogP contribution in [0.15, 0.2) is 25.3 Å². The molecule has 0 aromatic rings. The van der Waals surface area contributed by atoms with Gasteiger partial charge in [0.05, 0.1) is 0 Å². The van der Waals surface area contributed by atoms with Crippen molar-refractivity contribution in [2.45, 2.75) is 118 Å². The molecule has 0 heteroatoms. The molecule has 153 valence electrons. The lowest BCUT2D eigenvalue weighted by Crippen LogP contribution is -2.27. The van der Waals surface area contributed by atoms with E-state index in [0.717, 1.165) is 18.3 Å². The molecule has 26 heavy (non-hydrogen) atoms. The van der Waals surface area contributed by atoms with Crippen LogP contribution in [0.4, 0.5) is 0 Å². The quantitative estimate of drug-likeness (QED) is 0.159. The predicted octanol–water partition coefficient (Wildman–Crippen LogP) is 9.32. The van der Waals surface area contributed by atoms with Gasteiger partial charge in [-0.1, -0.05) is 110 Å². The van der Waals surface area contributed by atoms with Crippen LogP contribution in [0.1, 0.15) is 118 Å². The summed E-state index contributed by atoms with van der Waals surface area (Å²) >= 11 is 0. The summed E-state index contributed by atoms with van der Waals surface area (Å²) in [7, 11) is 0. The van der Waals surface area contributed by atoms with Gasteiger partial charge < -0.3 is 0 Å². The van der Waals surface area contributed by atoms with E-state index in [1.165, 1.54) is 83.5 Å². The Bertz CT molecular complexity index is 316. The van der Waals surface area contributed by atoms with Crippen molar-refractivity contribution in [2.24, 2.45) is 17.8 Å². The molecular weight excluding hydrogens is 312 g/mol. The lowest BCUT2D eigenvalue weighted by Gasteiger charge is -2.37. The average molecular weight is 362 g/mol. The Kier molecular flexibility index (Phi) is 17.5. The summed E-state index contributed by atoms with van der Waals surface area (Å²) in [5.41, 5.74) is 0. The van der Waals surface area contributed by atoms with Crippen LogP contribution in [-0.2, 0) is 0 Å². The van der Waals surface area contributed by atoms with Gasteiger partial charge in [0.15, 0.2) is 0 Å². The lowest BCUT2D eigenvalue weighted by atomic mass is 9.67.